The van der Waals surface area contributed by atoms with Crippen molar-refractivity contribution in [2.24, 2.45) is 0 Å². The number of aromatic nitrogens is 2. The number of benzene rings is 1. The summed E-state index contributed by atoms with van der Waals surface area (Å²) in [5, 5.41) is 2.62. The second-order valence-corrected chi connectivity index (χ2v) is 8.44. The molecule has 3 rings (SSSR count). The van der Waals surface area contributed by atoms with Gasteiger partial charge in [0.25, 0.3) is 5.91 Å². The summed E-state index contributed by atoms with van der Waals surface area (Å²) in [7, 11) is -3.74. The van der Waals surface area contributed by atoms with E-state index in [1.54, 1.807) is 13.0 Å². The average Bonchev–Trinajstić information content (AvgIpc) is 3.17. The van der Waals surface area contributed by atoms with Crippen LogP contribution >= 0.6 is 0 Å². The Balaban J connectivity index is 1.70. The summed E-state index contributed by atoms with van der Waals surface area (Å²) < 4.78 is 58.7. The molecule has 158 valence electrons. The molecule has 0 bridgehead atoms. The maximum absolute atomic E-state index is 12.9. The number of halogens is 2. The number of carbonyl (C=O) groups excluding carboxylic acids is 1. The molecule has 0 radical (unpaired) electrons. The van der Waals surface area contributed by atoms with Crippen LogP contribution in [0.1, 0.15) is 28.3 Å². The Morgan fingerprint density at radius 1 is 1.31 bits per heavy atom. The van der Waals surface area contributed by atoms with E-state index in [4.69, 9.17) is 4.74 Å². The molecular formula is C18H22F2N4O4S. The number of ether oxygens (including phenoxy) is 1. The van der Waals surface area contributed by atoms with Crippen molar-refractivity contribution in [3.8, 4) is 0 Å². The number of imidazole rings is 1. The molecule has 2 aromatic rings. The largest absolute Gasteiger partial charge is 0.379 e. The lowest BCUT2D eigenvalue weighted by Gasteiger charge is -2.26. The molecule has 29 heavy (non-hydrogen) atoms. The van der Waals surface area contributed by atoms with Crippen molar-refractivity contribution in [2.45, 2.75) is 24.8 Å². The van der Waals surface area contributed by atoms with Crippen molar-refractivity contribution in [3.63, 3.8) is 0 Å². The van der Waals surface area contributed by atoms with Crippen LogP contribution in [0.15, 0.2) is 35.5 Å². The highest BCUT2D eigenvalue weighted by Gasteiger charge is 2.28. The molecule has 8 nitrogen and oxygen atoms in total. The molecule has 0 saturated carbocycles. The normalized spacial score (nSPS) is 15.6. The number of aryl methyl sites for hydroxylation is 1. The third kappa shape index (κ3) is 4.80. The first-order chi connectivity index (χ1) is 13.8. The lowest BCUT2D eigenvalue weighted by molar-refractivity contribution is 0.0670. The third-order valence-electron chi connectivity index (χ3n) is 4.63. The second-order valence-electron chi connectivity index (χ2n) is 6.53. The average molecular weight is 428 g/mol. The molecule has 0 spiro atoms. The molecule has 1 amide bonds. The molecule has 1 aliphatic heterocycles. The number of nitrogens with zero attached hydrogens (tertiary/aromatic N) is 3. The van der Waals surface area contributed by atoms with Crippen LogP contribution in [0.3, 0.4) is 0 Å². The number of rotatable bonds is 7. The van der Waals surface area contributed by atoms with Crippen LogP contribution in [-0.2, 0) is 21.2 Å². The molecule has 1 aromatic heterocycles. The lowest BCUT2D eigenvalue weighted by atomic mass is 10.1. The number of hydrogen-bond acceptors (Lipinski definition) is 5. The van der Waals surface area contributed by atoms with Crippen LogP contribution in [0, 0.1) is 6.92 Å². The molecular weight excluding hydrogens is 406 g/mol. The molecule has 1 saturated heterocycles. The van der Waals surface area contributed by atoms with E-state index >= 15 is 0 Å². The number of sulfonamides is 1. The zero-order chi connectivity index (χ0) is 21.0. The number of hydrogen-bond donors (Lipinski definition) is 1. The van der Waals surface area contributed by atoms with Crippen molar-refractivity contribution >= 4 is 15.9 Å². The standard InChI is InChI=1S/C18H22F2N4O4S/c1-13-2-3-14(12-15(13)29(26,27)23-8-10-28-11-9-23)17(25)22-5-4-16-21-6-7-24(16)18(19)20/h2-3,6-7,12,18H,4-5,8-11H2,1H3,(H,22,25). The van der Waals surface area contributed by atoms with E-state index in [0.717, 1.165) is 4.57 Å². The summed E-state index contributed by atoms with van der Waals surface area (Å²) >= 11 is 0. The number of carbonyl (C=O) groups is 1. The lowest BCUT2D eigenvalue weighted by Crippen LogP contribution is -2.41. The van der Waals surface area contributed by atoms with Gasteiger partial charge in [0.05, 0.1) is 18.1 Å². The number of morpholine rings is 1. The fraction of sp³-hybridized carbons (Fsp3) is 0.444. The van der Waals surface area contributed by atoms with Crippen molar-refractivity contribution in [1.29, 1.82) is 0 Å². The molecule has 11 heteroatoms. The van der Waals surface area contributed by atoms with Gasteiger partial charge < -0.3 is 10.1 Å². The number of amides is 1. The Morgan fingerprint density at radius 3 is 2.72 bits per heavy atom. The van der Waals surface area contributed by atoms with Gasteiger partial charge in [0.1, 0.15) is 5.82 Å². The SMILES string of the molecule is Cc1ccc(C(=O)NCCc2nccn2C(F)F)cc1S(=O)(=O)N1CCOCC1. The maximum Gasteiger partial charge on any atom is 0.319 e. The molecule has 1 N–H and O–H groups in total. The number of alkyl halides is 2. The summed E-state index contributed by atoms with van der Waals surface area (Å²) in [4.78, 5) is 16.4. The highest BCUT2D eigenvalue weighted by Crippen LogP contribution is 2.22. The monoisotopic (exact) mass is 428 g/mol. The number of nitrogens with one attached hydrogen (secondary N) is 1. The van der Waals surface area contributed by atoms with Crippen LogP contribution < -0.4 is 5.32 Å². The molecule has 0 aliphatic carbocycles. The van der Waals surface area contributed by atoms with Gasteiger partial charge in [0.15, 0.2) is 0 Å². The summed E-state index contributed by atoms with van der Waals surface area (Å²) in [5.74, 6) is -0.335. The molecule has 1 aliphatic rings. The summed E-state index contributed by atoms with van der Waals surface area (Å²) in [6.07, 6.45) is 2.56. The van der Waals surface area contributed by atoms with Gasteiger partial charge in [0.2, 0.25) is 10.0 Å². The van der Waals surface area contributed by atoms with Gasteiger partial charge in [0, 0.05) is 44.0 Å². The Bertz CT molecular complexity index is 972. The van der Waals surface area contributed by atoms with E-state index in [1.165, 1.54) is 28.8 Å². The van der Waals surface area contributed by atoms with Crippen molar-refractivity contribution in [2.75, 3.05) is 32.8 Å². The summed E-state index contributed by atoms with van der Waals surface area (Å²) in [6, 6.07) is 4.45. The van der Waals surface area contributed by atoms with Crippen LogP contribution in [0.25, 0.3) is 0 Å². The highest BCUT2D eigenvalue weighted by atomic mass is 32.2. The van der Waals surface area contributed by atoms with Crippen LogP contribution in [-0.4, -0.2) is 61.0 Å². The third-order valence-corrected chi connectivity index (χ3v) is 6.67. The van der Waals surface area contributed by atoms with Gasteiger partial charge in [-0.05, 0) is 24.6 Å². The fourth-order valence-corrected chi connectivity index (χ4v) is 4.71. The highest BCUT2D eigenvalue weighted by molar-refractivity contribution is 7.89. The predicted molar refractivity (Wildman–Crippen MR) is 100 cm³/mol. The van der Waals surface area contributed by atoms with Crippen molar-refractivity contribution in [1.82, 2.24) is 19.2 Å². The van der Waals surface area contributed by atoms with Gasteiger partial charge in [-0.2, -0.15) is 13.1 Å². The summed E-state index contributed by atoms with van der Waals surface area (Å²) in [6.45, 7) is 0.221. The quantitative estimate of drug-likeness (QED) is 0.723. The predicted octanol–water partition coefficient (Wildman–Crippen LogP) is 1.58. The van der Waals surface area contributed by atoms with Crippen molar-refractivity contribution < 1.29 is 26.7 Å². The van der Waals surface area contributed by atoms with Gasteiger partial charge in [-0.3, -0.25) is 9.36 Å². The van der Waals surface area contributed by atoms with E-state index in [-0.39, 0.29) is 42.3 Å². The Morgan fingerprint density at radius 2 is 2.03 bits per heavy atom. The first-order valence-corrected chi connectivity index (χ1v) is 10.5. The Kier molecular flexibility index (Phi) is 6.60. The van der Waals surface area contributed by atoms with Crippen LogP contribution in [0.2, 0.25) is 0 Å². The van der Waals surface area contributed by atoms with Gasteiger partial charge in [-0.15, -0.1) is 0 Å². The van der Waals surface area contributed by atoms with Gasteiger partial charge in [-0.1, -0.05) is 6.07 Å². The molecule has 2 heterocycles. The topological polar surface area (TPSA) is 93.5 Å². The minimum absolute atomic E-state index is 0.0697. The molecule has 0 unspecified atom stereocenters. The zero-order valence-electron chi connectivity index (χ0n) is 15.8. The van der Waals surface area contributed by atoms with E-state index < -0.39 is 22.5 Å². The Hall–Kier alpha value is -2.37. The smallest absolute Gasteiger partial charge is 0.319 e. The zero-order valence-corrected chi connectivity index (χ0v) is 16.7. The van der Waals surface area contributed by atoms with E-state index in [1.807, 2.05) is 0 Å². The second kappa shape index (κ2) is 8.97. The molecule has 1 fully saturated rings. The minimum Gasteiger partial charge on any atom is -0.379 e. The van der Waals surface area contributed by atoms with E-state index in [9.17, 15) is 22.0 Å². The first-order valence-electron chi connectivity index (χ1n) is 9.07. The summed E-state index contributed by atoms with van der Waals surface area (Å²) in [5.41, 5.74) is 0.714. The minimum atomic E-state index is -3.74. The van der Waals surface area contributed by atoms with Crippen LogP contribution in [0.4, 0.5) is 8.78 Å². The molecule has 0 atom stereocenters. The van der Waals surface area contributed by atoms with Gasteiger partial charge in [-0.25, -0.2) is 13.4 Å². The molecule has 1 aromatic carbocycles. The van der Waals surface area contributed by atoms with Gasteiger partial charge >= 0.3 is 6.55 Å². The first kappa shape index (κ1) is 21.3. The maximum atomic E-state index is 12.9. The van der Waals surface area contributed by atoms with Crippen molar-refractivity contribution in [3.05, 3.63) is 47.5 Å². The van der Waals surface area contributed by atoms with Crippen LogP contribution in [0.5, 0.6) is 0 Å². The van der Waals surface area contributed by atoms with E-state index in [2.05, 4.69) is 10.3 Å². The fourth-order valence-electron chi connectivity index (χ4n) is 3.05. The van der Waals surface area contributed by atoms with E-state index in [0.29, 0.717) is 18.8 Å². The Labute approximate surface area is 167 Å².